The molecule has 1 fully saturated rings. The number of amides is 2. The van der Waals surface area contributed by atoms with Crippen LogP contribution in [0.3, 0.4) is 0 Å². The molecule has 1 atom stereocenters. The topological polar surface area (TPSA) is 83.3 Å². The van der Waals surface area contributed by atoms with Crippen LogP contribution in [0.15, 0.2) is 6.33 Å². The lowest BCUT2D eigenvalue weighted by Crippen LogP contribution is -2.48. The number of likely N-dealkylation sites (tertiary alicyclic amines) is 1. The van der Waals surface area contributed by atoms with Crippen molar-refractivity contribution in [1.82, 2.24) is 19.7 Å². The summed E-state index contributed by atoms with van der Waals surface area (Å²) < 4.78 is 1.66. The van der Waals surface area contributed by atoms with Gasteiger partial charge in [-0.3, -0.25) is 10.00 Å². The van der Waals surface area contributed by atoms with Gasteiger partial charge in [-0.05, 0) is 33.6 Å². The fourth-order valence-corrected chi connectivity index (χ4v) is 2.42. The number of aromatic nitrogens is 3. The van der Waals surface area contributed by atoms with Gasteiger partial charge in [-0.1, -0.05) is 0 Å². The van der Waals surface area contributed by atoms with Gasteiger partial charge >= 0.3 is 6.03 Å². The molecule has 0 spiro atoms. The van der Waals surface area contributed by atoms with E-state index >= 15 is 0 Å². The third-order valence-electron chi connectivity index (χ3n) is 3.79. The number of carbonyl (C=O) groups excluding carboxylic acids is 1. The molecule has 2 N–H and O–H groups in total. The summed E-state index contributed by atoms with van der Waals surface area (Å²) in [6.45, 7) is 7.52. The van der Waals surface area contributed by atoms with E-state index in [1.165, 1.54) is 0 Å². The first-order valence-electron chi connectivity index (χ1n) is 7.08. The first kappa shape index (κ1) is 14.8. The second kappa shape index (κ2) is 5.78. The summed E-state index contributed by atoms with van der Waals surface area (Å²) in [4.78, 5) is 17.9. The molecule has 0 saturated carbocycles. The largest absolute Gasteiger partial charge is 0.390 e. The van der Waals surface area contributed by atoms with Gasteiger partial charge in [0.1, 0.15) is 6.33 Å². The number of piperidine rings is 1. The van der Waals surface area contributed by atoms with Crippen LogP contribution in [0.2, 0.25) is 0 Å². The second-order valence-corrected chi connectivity index (χ2v) is 5.79. The molecule has 20 heavy (non-hydrogen) atoms. The number of aryl methyl sites for hydroxylation is 1. The van der Waals surface area contributed by atoms with Crippen molar-refractivity contribution >= 4 is 12.0 Å². The highest BCUT2D eigenvalue weighted by Gasteiger charge is 2.33. The maximum Gasteiger partial charge on any atom is 0.324 e. The molecular formula is C13H23N5O2. The third-order valence-corrected chi connectivity index (χ3v) is 3.79. The quantitative estimate of drug-likeness (QED) is 0.875. The number of carbonyl (C=O) groups is 1. The average Bonchev–Trinajstić information content (AvgIpc) is 2.85. The Kier molecular flexibility index (Phi) is 4.27. The zero-order valence-electron chi connectivity index (χ0n) is 12.3. The van der Waals surface area contributed by atoms with Crippen molar-refractivity contribution in [3.8, 4) is 0 Å². The highest BCUT2D eigenvalue weighted by molar-refractivity contribution is 5.87. The molecule has 1 aliphatic rings. The van der Waals surface area contributed by atoms with E-state index in [9.17, 15) is 9.90 Å². The minimum absolute atomic E-state index is 0.100. The Hall–Kier alpha value is -1.63. The van der Waals surface area contributed by atoms with Gasteiger partial charge in [0, 0.05) is 25.6 Å². The summed E-state index contributed by atoms with van der Waals surface area (Å²) in [6.07, 6.45) is 3.43. The molecule has 2 amide bonds. The molecule has 0 radical (unpaired) electrons. The molecule has 1 aromatic heterocycles. The normalized spacial score (nSPS) is 20.0. The number of anilines is 1. The SMILES string of the molecule is CCn1cnc(NC(=O)N2CCC[C@H](C(C)(C)O)C2)n1. The van der Waals surface area contributed by atoms with E-state index < -0.39 is 5.60 Å². The number of urea groups is 1. The lowest BCUT2D eigenvalue weighted by atomic mass is 9.84. The molecule has 7 nitrogen and oxygen atoms in total. The van der Waals surface area contributed by atoms with Crippen molar-refractivity contribution in [1.29, 1.82) is 0 Å². The lowest BCUT2D eigenvalue weighted by Gasteiger charge is -2.38. The van der Waals surface area contributed by atoms with Crippen LogP contribution in [0.25, 0.3) is 0 Å². The Morgan fingerprint density at radius 3 is 2.95 bits per heavy atom. The van der Waals surface area contributed by atoms with Crippen LogP contribution in [-0.4, -0.2) is 49.5 Å². The number of aliphatic hydroxyl groups is 1. The first-order chi connectivity index (χ1) is 9.40. The molecule has 7 heteroatoms. The molecular weight excluding hydrogens is 258 g/mol. The molecule has 112 valence electrons. The Labute approximate surface area is 119 Å². The van der Waals surface area contributed by atoms with Crippen molar-refractivity contribution < 1.29 is 9.90 Å². The van der Waals surface area contributed by atoms with Crippen molar-refractivity contribution in [2.45, 2.75) is 45.8 Å². The standard InChI is InChI=1S/C13H23N5O2/c1-4-18-9-14-11(16-18)15-12(19)17-7-5-6-10(8-17)13(2,3)20/h9-10,20H,4-8H2,1-3H3,(H,15,16,19)/t10-/m0/s1. The molecule has 1 aromatic rings. The van der Waals surface area contributed by atoms with E-state index in [4.69, 9.17) is 0 Å². The van der Waals surface area contributed by atoms with Crippen molar-refractivity contribution in [3.63, 3.8) is 0 Å². The van der Waals surface area contributed by atoms with Gasteiger partial charge in [0.05, 0.1) is 5.60 Å². The maximum atomic E-state index is 12.2. The molecule has 0 bridgehead atoms. The Morgan fingerprint density at radius 1 is 1.60 bits per heavy atom. The van der Waals surface area contributed by atoms with E-state index in [1.54, 1.807) is 29.8 Å². The van der Waals surface area contributed by atoms with Crippen molar-refractivity contribution in [2.75, 3.05) is 18.4 Å². The van der Waals surface area contributed by atoms with Crippen molar-refractivity contribution in [2.24, 2.45) is 5.92 Å². The number of rotatable bonds is 3. The average molecular weight is 281 g/mol. The fourth-order valence-electron chi connectivity index (χ4n) is 2.42. The Bertz CT molecular complexity index is 466. The van der Waals surface area contributed by atoms with Crippen LogP contribution in [0.5, 0.6) is 0 Å². The van der Waals surface area contributed by atoms with E-state index in [0.717, 1.165) is 12.8 Å². The maximum absolute atomic E-state index is 12.2. The van der Waals surface area contributed by atoms with Crippen molar-refractivity contribution in [3.05, 3.63) is 6.33 Å². The van der Waals surface area contributed by atoms with Crippen LogP contribution in [0, 0.1) is 5.92 Å². The molecule has 2 rings (SSSR count). The summed E-state index contributed by atoms with van der Waals surface area (Å²) in [5.41, 5.74) is -0.763. The van der Waals surface area contributed by atoms with Gasteiger partial charge in [0.15, 0.2) is 0 Å². The van der Waals surface area contributed by atoms with Crippen LogP contribution in [-0.2, 0) is 6.54 Å². The molecule has 0 unspecified atom stereocenters. The predicted molar refractivity (Wildman–Crippen MR) is 75.3 cm³/mol. The van der Waals surface area contributed by atoms with E-state index in [-0.39, 0.29) is 11.9 Å². The smallest absolute Gasteiger partial charge is 0.324 e. The summed E-state index contributed by atoms with van der Waals surface area (Å²) in [6, 6.07) is -0.201. The minimum atomic E-state index is -0.763. The Balaban J connectivity index is 1.95. The summed E-state index contributed by atoms with van der Waals surface area (Å²) >= 11 is 0. The van der Waals surface area contributed by atoms with E-state index in [2.05, 4.69) is 15.4 Å². The lowest BCUT2D eigenvalue weighted by molar-refractivity contribution is -0.00973. The number of nitrogens with zero attached hydrogens (tertiary/aromatic N) is 4. The molecule has 0 aliphatic carbocycles. The Morgan fingerprint density at radius 2 is 2.35 bits per heavy atom. The molecule has 1 saturated heterocycles. The van der Waals surface area contributed by atoms with Gasteiger partial charge in [0.25, 0.3) is 0 Å². The number of hydrogen-bond donors (Lipinski definition) is 2. The van der Waals surface area contributed by atoms with Gasteiger partial charge in [-0.15, -0.1) is 5.10 Å². The van der Waals surface area contributed by atoms with Crippen LogP contribution in [0.4, 0.5) is 10.7 Å². The predicted octanol–water partition coefficient (Wildman–Crippen LogP) is 1.31. The first-order valence-corrected chi connectivity index (χ1v) is 7.08. The van der Waals surface area contributed by atoms with Gasteiger partial charge in [0.2, 0.25) is 5.95 Å². The fraction of sp³-hybridized carbons (Fsp3) is 0.769. The number of nitrogens with one attached hydrogen (secondary N) is 1. The van der Waals surface area contributed by atoms with E-state index in [0.29, 0.717) is 25.6 Å². The summed E-state index contributed by atoms with van der Waals surface area (Å²) in [7, 11) is 0. The molecule has 1 aliphatic heterocycles. The number of hydrogen-bond acceptors (Lipinski definition) is 4. The van der Waals surface area contributed by atoms with Crippen LogP contribution >= 0.6 is 0 Å². The summed E-state index contributed by atoms with van der Waals surface area (Å²) in [5.74, 6) is 0.422. The minimum Gasteiger partial charge on any atom is -0.390 e. The zero-order valence-corrected chi connectivity index (χ0v) is 12.3. The molecule has 2 heterocycles. The van der Waals surface area contributed by atoms with Gasteiger partial charge < -0.3 is 10.0 Å². The third kappa shape index (κ3) is 3.47. The van der Waals surface area contributed by atoms with Crippen LogP contribution < -0.4 is 5.32 Å². The zero-order chi connectivity index (χ0) is 14.8. The highest BCUT2D eigenvalue weighted by atomic mass is 16.3. The second-order valence-electron chi connectivity index (χ2n) is 5.79. The van der Waals surface area contributed by atoms with Gasteiger partial charge in [-0.25, -0.2) is 9.78 Å². The monoisotopic (exact) mass is 281 g/mol. The van der Waals surface area contributed by atoms with Crippen LogP contribution in [0.1, 0.15) is 33.6 Å². The van der Waals surface area contributed by atoms with Gasteiger partial charge in [-0.2, -0.15) is 0 Å². The highest BCUT2D eigenvalue weighted by Crippen LogP contribution is 2.26. The van der Waals surface area contributed by atoms with E-state index in [1.807, 2.05) is 6.92 Å². The summed E-state index contributed by atoms with van der Waals surface area (Å²) in [5, 5.41) is 16.9. The molecule has 0 aromatic carbocycles.